The average Bonchev–Trinajstić information content (AvgIpc) is 3.12. The van der Waals surface area contributed by atoms with Gasteiger partial charge in [-0.3, -0.25) is 9.78 Å². The molecule has 3 rings (SSSR count). The van der Waals surface area contributed by atoms with Crippen LogP contribution in [0.15, 0.2) is 47.9 Å². The number of aromatic nitrogens is 4. The highest BCUT2D eigenvalue weighted by Crippen LogP contribution is 2.25. The van der Waals surface area contributed by atoms with Gasteiger partial charge < -0.3 is 14.8 Å². The van der Waals surface area contributed by atoms with Crippen LogP contribution >= 0.6 is 11.8 Å². The zero-order valence-corrected chi connectivity index (χ0v) is 18.7. The van der Waals surface area contributed by atoms with E-state index in [1.165, 1.54) is 11.8 Å². The Bertz CT molecular complexity index is 966. The predicted octanol–water partition coefficient (Wildman–Crippen LogP) is 3.64. The summed E-state index contributed by atoms with van der Waals surface area (Å²) in [7, 11) is 4.12. The molecule has 0 fully saturated rings. The molecule has 2 heterocycles. The SMILES string of the molecule is Cc1cccc(C)c1NC(=O)CSc1nnc(-c2ccncc2)n1CCCN(C)C. The summed E-state index contributed by atoms with van der Waals surface area (Å²) in [4.78, 5) is 18.8. The number of benzene rings is 1. The molecule has 0 saturated heterocycles. The molecule has 7 nitrogen and oxygen atoms in total. The van der Waals surface area contributed by atoms with Crippen molar-refractivity contribution in [1.82, 2.24) is 24.6 Å². The van der Waals surface area contributed by atoms with Gasteiger partial charge >= 0.3 is 0 Å². The van der Waals surface area contributed by atoms with E-state index in [0.717, 1.165) is 52.9 Å². The number of pyridine rings is 1. The van der Waals surface area contributed by atoms with E-state index >= 15 is 0 Å². The first-order valence-electron chi connectivity index (χ1n) is 9.93. The molecule has 1 N–H and O–H groups in total. The number of hydrogen-bond acceptors (Lipinski definition) is 6. The number of nitrogens with zero attached hydrogens (tertiary/aromatic N) is 5. The van der Waals surface area contributed by atoms with Crippen LogP contribution in [0.2, 0.25) is 0 Å². The fourth-order valence-electron chi connectivity index (χ4n) is 3.17. The van der Waals surface area contributed by atoms with Crippen LogP contribution in [0.1, 0.15) is 17.5 Å². The van der Waals surface area contributed by atoms with Gasteiger partial charge in [0, 0.05) is 30.2 Å². The van der Waals surface area contributed by atoms with Crippen LogP contribution in [0.25, 0.3) is 11.4 Å². The van der Waals surface area contributed by atoms with Gasteiger partial charge in [0.1, 0.15) is 0 Å². The number of amides is 1. The van der Waals surface area contributed by atoms with Gasteiger partial charge in [0.15, 0.2) is 11.0 Å². The number of aryl methyl sites for hydroxylation is 2. The lowest BCUT2D eigenvalue weighted by Crippen LogP contribution is -2.17. The predicted molar refractivity (Wildman–Crippen MR) is 122 cm³/mol. The van der Waals surface area contributed by atoms with Gasteiger partial charge in [-0.15, -0.1) is 10.2 Å². The van der Waals surface area contributed by atoms with Crippen LogP contribution in [0, 0.1) is 13.8 Å². The quantitative estimate of drug-likeness (QED) is 0.529. The van der Waals surface area contributed by atoms with Crippen LogP contribution in [0.4, 0.5) is 5.69 Å². The van der Waals surface area contributed by atoms with E-state index in [1.807, 2.05) is 44.2 Å². The third kappa shape index (κ3) is 5.67. The standard InChI is InChI=1S/C22H28N6OS/c1-16-7-5-8-17(2)20(16)24-19(29)15-30-22-26-25-21(18-9-11-23-12-10-18)28(22)14-6-13-27(3)4/h5,7-12H,6,13-15H2,1-4H3,(H,24,29). The van der Waals surface area contributed by atoms with Gasteiger partial charge in [-0.25, -0.2) is 0 Å². The molecule has 0 aliphatic heterocycles. The number of anilines is 1. The van der Waals surface area contributed by atoms with Crippen molar-refractivity contribution in [3.63, 3.8) is 0 Å². The number of para-hydroxylation sites is 1. The molecule has 30 heavy (non-hydrogen) atoms. The fourth-order valence-corrected chi connectivity index (χ4v) is 3.94. The summed E-state index contributed by atoms with van der Waals surface area (Å²) < 4.78 is 2.09. The third-order valence-corrected chi connectivity index (χ3v) is 5.69. The Morgan fingerprint density at radius 2 is 1.80 bits per heavy atom. The van der Waals surface area contributed by atoms with Gasteiger partial charge in [-0.1, -0.05) is 30.0 Å². The smallest absolute Gasteiger partial charge is 0.234 e. The van der Waals surface area contributed by atoms with Crippen LogP contribution in [0.5, 0.6) is 0 Å². The Labute approximate surface area is 181 Å². The Hall–Kier alpha value is -2.71. The largest absolute Gasteiger partial charge is 0.325 e. The topological polar surface area (TPSA) is 75.9 Å². The zero-order chi connectivity index (χ0) is 21.5. The van der Waals surface area contributed by atoms with Crippen LogP contribution in [-0.2, 0) is 11.3 Å². The average molecular weight is 425 g/mol. The number of rotatable bonds is 9. The van der Waals surface area contributed by atoms with E-state index in [-0.39, 0.29) is 11.7 Å². The highest BCUT2D eigenvalue weighted by Gasteiger charge is 2.16. The molecule has 0 unspecified atom stereocenters. The monoisotopic (exact) mass is 424 g/mol. The molecule has 1 amide bonds. The maximum absolute atomic E-state index is 12.6. The summed E-state index contributed by atoms with van der Waals surface area (Å²) in [6.45, 7) is 5.74. The maximum Gasteiger partial charge on any atom is 0.234 e. The molecule has 3 aromatic rings. The van der Waals surface area contributed by atoms with Crippen LogP contribution in [-0.4, -0.2) is 56.9 Å². The molecule has 0 aliphatic carbocycles. The van der Waals surface area contributed by atoms with Gasteiger partial charge in [0.05, 0.1) is 5.75 Å². The first-order valence-corrected chi connectivity index (χ1v) is 10.9. The lowest BCUT2D eigenvalue weighted by atomic mass is 10.1. The molecule has 0 aliphatic rings. The van der Waals surface area contributed by atoms with Crippen molar-refractivity contribution in [2.75, 3.05) is 31.7 Å². The van der Waals surface area contributed by atoms with E-state index in [4.69, 9.17) is 0 Å². The van der Waals surface area contributed by atoms with Crippen molar-refractivity contribution < 1.29 is 4.79 Å². The van der Waals surface area contributed by atoms with Crippen molar-refractivity contribution in [3.8, 4) is 11.4 Å². The van der Waals surface area contributed by atoms with Crippen molar-refractivity contribution in [2.24, 2.45) is 0 Å². The fraction of sp³-hybridized carbons (Fsp3) is 0.364. The summed E-state index contributed by atoms with van der Waals surface area (Å²) in [6, 6.07) is 9.84. The third-order valence-electron chi connectivity index (χ3n) is 4.72. The molecule has 1 aromatic carbocycles. The Morgan fingerprint density at radius 1 is 1.10 bits per heavy atom. The Morgan fingerprint density at radius 3 is 2.47 bits per heavy atom. The highest BCUT2D eigenvalue weighted by molar-refractivity contribution is 7.99. The first-order chi connectivity index (χ1) is 14.5. The zero-order valence-electron chi connectivity index (χ0n) is 17.9. The molecule has 0 radical (unpaired) electrons. The molecule has 8 heteroatoms. The summed E-state index contributed by atoms with van der Waals surface area (Å²) in [5.74, 6) is 1.02. The lowest BCUT2D eigenvalue weighted by Gasteiger charge is -2.13. The van der Waals surface area contributed by atoms with Crippen LogP contribution in [0.3, 0.4) is 0 Å². The highest BCUT2D eigenvalue weighted by atomic mass is 32.2. The van der Waals surface area contributed by atoms with Crippen molar-refractivity contribution in [2.45, 2.75) is 32.0 Å². The Kier molecular flexibility index (Phi) is 7.59. The normalized spacial score (nSPS) is 11.1. The van der Waals surface area contributed by atoms with E-state index < -0.39 is 0 Å². The molecular weight excluding hydrogens is 396 g/mol. The second kappa shape index (κ2) is 10.4. The number of thioether (sulfide) groups is 1. The number of carbonyl (C=O) groups is 1. The number of nitrogens with one attached hydrogen (secondary N) is 1. The van der Waals surface area contributed by atoms with E-state index in [9.17, 15) is 4.79 Å². The minimum absolute atomic E-state index is 0.0503. The minimum Gasteiger partial charge on any atom is -0.325 e. The van der Waals surface area contributed by atoms with Crippen molar-refractivity contribution >= 4 is 23.4 Å². The Balaban J connectivity index is 1.73. The lowest BCUT2D eigenvalue weighted by molar-refractivity contribution is -0.113. The van der Waals surface area contributed by atoms with E-state index in [2.05, 4.69) is 44.1 Å². The van der Waals surface area contributed by atoms with Gasteiger partial charge in [0.25, 0.3) is 0 Å². The van der Waals surface area contributed by atoms with Crippen molar-refractivity contribution in [1.29, 1.82) is 0 Å². The molecular formula is C22H28N6OS. The number of carbonyl (C=O) groups excluding carboxylic acids is 1. The molecule has 158 valence electrons. The van der Waals surface area contributed by atoms with Crippen LogP contribution < -0.4 is 5.32 Å². The molecule has 0 bridgehead atoms. The second-order valence-electron chi connectivity index (χ2n) is 7.45. The molecule has 0 saturated carbocycles. The summed E-state index contributed by atoms with van der Waals surface area (Å²) >= 11 is 1.41. The minimum atomic E-state index is -0.0503. The van der Waals surface area contributed by atoms with Crippen molar-refractivity contribution in [3.05, 3.63) is 53.9 Å². The molecule has 2 aromatic heterocycles. The van der Waals surface area contributed by atoms with Gasteiger partial charge in [0.2, 0.25) is 5.91 Å². The van der Waals surface area contributed by atoms with Gasteiger partial charge in [-0.05, 0) is 64.2 Å². The van der Waals surface area contributed by atoms with E-state index in [0.29, 0.717) is 0 Å². The van der Waals surface area contributed by atoms with Gasteiger partial charge in [-0.2, -0.15) is 0 Å². The number of hydrogen-bond donors (Lipinski definition) is 1. The summed E-state index contributed by atoms with van der Waals surface area (Å²) in [5.41, 5.74) is 3.96. The molecule has 0 spiro atoms. The summed E-state index contributed by atoms with van der Waals surface area (Å²) in [6.07, 6.45) is 4.46. The van der Waals surface area contributed by atoms with E-state index in [1.54, 1.807) is 12.4 Å². The maximum atomic E-state index is 12.6. The second-order valence-corrected chi connectivity index (χ2v) is 8.40. The first kappa shape index (κ1) is 22.0. The molecule has 0 atom stereocenters. The summed E-state index contributed by atoms with van der Waals surface area (Å²) in [5, 5.41) is 12.5.